The van der Waals surface area contributed by atoms with Crippen molar-refractivity contribution in [3.8, 4) is 0 Å². The van der Waals surface area contributed by atoms with E-state index < -0.39 is 0 Å². The molecule has 0 aromatic heterocycles. The van der Waals surface area contributed by atoms with E-state index >= 15 is 0 Å². The minimum Gasteiger partial charge on any atom is -0.362 e. The number of epoxide rings is 1. The topological polar surface area (TPSA) is 12.5 Å². The van der Waals surface area contributed by atoms with Gasteiger partial charge >= 0.3 is 0 Å². The van der Waals surface area contributed by atoms with Gasteiger partial charge in [-0.05, 0) is 51.0 Å². The lowest BCUT2D eigenvalue weighted by Gasteiger charge is -2.33. The minimum atomic E-state index is 0.000801. The zero-order chi connectivity index (χ0) is 12.0. The van der Waals surface area contributed by atoms with Gasteiger partial charge < -0.3 is 4.74 Å². The third-order valence-corrected chi connectivity index (χ3v) is 4.30. The molecule has 0 saturated carbocycles. The standard InChI is InChI=1S/C15H24O/c1-11-7-6-9-14(3,4)13(11)8-10-15(5)12(2)16-15/h8,10,12H,6-7,9H2,1-5H3/b10-8+. The van der Waals surface area contributed by atoms with Crippen molar-refractivity contribution in [3.05, 3.63) is 23.3 Å². The summed E-state index contributed by atoms with van der Waals surface area (Å²) in [5.74, 6) is 0. The number of rotatable bonds is 2. The predicted molar refractivity (Wildman–Crippen MR) is 68.4 cm³/mol. The van der Waals surface area contributed by atoms with Gasteiger partial charge in [0.2, 0.25) is 0 Å². The Labute approximate surface area is 99.6 Å². The average molecular weight is 220 g/mol. The average Bonchev–Trinajstić information content (AvgIpc) is 2.72. The Kier molecular flexibility index (Phi) is 2.78. The molecular formula is C15H24O. The first-order chi connectivity index (χ1) is 7.35. The van der Waals surface area contributed by atoms with Gasteiger partial charge in [0, 0.05) is 0 Å². The van der Waals surface area contributed by atoms with Gasteiger partial charge in [-0.3, -0.25) is 0 Å². The highest BCUT2D eigenvalue weighted by Crippen LogP contribution is 2.43. The molecule has 1 heterocycles. The van der Waals surface area contributed by atoms with Gasteiger partial charge in [0.25, 0.3) is 0 Å². The summed E-state index contributed by atoms with van der Waals surface area (Å²) < 4.78 is 5.59. The molecule has 0 radical (unpaired) electrons. The Morgan fingerprint density at radius 3 is 2.44 bits per heavy atom. The van der Waals surface area contributed by atoms with Crippen LogP contribution in [0.3, 0.4) is 0 Å². The Hall–Kier alpha value is -0.560. The normalized spacial score (nSPS) is 38.2. The van der Waals surface area contributed by atoms with Gasteiger partial charge in [0.15, 0.2) is 0 Å². The van der Waals surface area contributed by atoms with Crippen LogP contribution in [0, 0.1) is 5.41 Å². The zero-order valence-corrected chi connectivity index (χ0v) is 11.3. The molecule has 1 saturated heterocycles. The van der Waals surface area contributed by atoms with Crippen molar-refractivity contribution in [2.45, 2.75) is 65.6 Å². The summed E-state index contributed by atoms with van der Waals surface area (Å²) in [6.45, 7) is 11.3. The lowest BCUT2D eigenvalue weighted by atomic mass is 9.72. The second-order valence-corrected chi connectivity index (χ2v) is 6.21. The van der Waals surface area contributed by atoms with Crippen LogP contribution in [-0.4, -0.2) is 11.7 Å². The van der Waals surface area contributed by atoms with E-state index in [4.69, 9.17) is 4.74 Å². The number of allylic oxidation sites excluding steroid dienone is 3. The summed E-state index contributed by atoms with van der Waals surface area (Å²) >= 11 is 0. The van der Waals surface area contributed by atoms with E-state index in [-0.39, 0.29) is 5.60 Å². The Morgan fingerprint density at radius 1 is 1.31 bits per heavy atom. The predicted octanol–water partition coefficient (Wildman–Crippen LogP) is 4.25. The lowest BCUT2D eigenvalue weighted by Crippen LogP contribution is -2.19. The van der Waals surface area contributed by atoms with Crippen LogP contribution in [0.1, 0.15) is 53.9 Å². The van der Waals surface area contributed by atoms with Crippen LogP contribution >= 0.6 is 0 Å². The van der Waals surface area contributed by atoms with Crippen LogP contribution in [-0.2, 0) is 4.74 Å². The molecule has 0 N–H and O–H groups in total. The maximum atomic E-state index is 5.59. The van der Waals surface area contributed by atoms with Gasteiger partial charge in [-0.2, -0.15) is 0 Å². The molecule has 0 aromatic rings. The molecule has 2 atom stereocenters. The van der Waals surface area contributed by atoms with Gasteiger partial charge in [0.1, 0.15) is 5.60 Å². The molecule has 0 bridgehead atoms. The Balaban J connectivity index is 2.19. The van der Waals surface area contributed by atoms with Crippen molar-refractivity contribution in [1.82, 2.24) is 0 Å². The van der Waals surface area contributed by atoms with Gasteiger partial charge in [-0.1, -0.05) is 31.6 Å². The van der Waals surface area contributed by atoms with Crippen molar-refractivity contribution in [1.29, 1.82) is 0 Å². The lowest BCUT2D eigenvalue weighted by molar-refractivity contribution is 0.347. The van der Waals surface area contributed by atoms with E-state index in [0.717, 1.165) is 0 Å². The second kappa shape index (κ2) is 3.73. The summed E-state index contributed by atoms with van der Waals surface area (Å²) in [5.41, 5.74) is 3.43. The molecular weight excluding hydrogens is 196 g/mol. The molecule has 2 rings (SSSR count). The quantitative estimate of drug-likeness (QED) is 0.634. The summed E-state index contributed by atoms with van der Waals surface area (Å²) in [5, 5.41) is 0. The molecule has 16 heavy (non-hydrogen) atoms. The fourth-order valence-electron chi connectivity index (χ4n) is 2.78. The van der Waals surface area contributed by atoms with Crippen LogP contribution in [0.25, 0.3) is 0 Å². The highest BCUT2D eigenvalue weighted by Gasteiger charge is 2.46. The van der Waals surface area contributed by atoms with E-state index in [0.29, 0.717) is 11.5 Å². The molecule has 1 heteroatoms. The highest BCUT2D eigenvalue weighted by molar-refractivity contribution is 5.34. The fraction of sp³-hybridized carbons (Fsp3) is 0.733. The number of ether oxygens (including phenoxy) is 1. The van der Waals surface area contributed by atoms with Gasteiger partial charge in [-0.25, -0.2) is 0 Å². The van der Waals surface area contributed by atoms with Crippen LogP contribution in [0.4, 0.5) is 0 Å². The van der Waals surface area contributed by atoms with Crippen molar-refractivity contribution >= 4 is 0 Å². The van der Waals surface area contributed by atoms with Crippen LogP contribution < -0.4 is 0 Å². The molecule has 2 unspecified atom stereocenters. The maximum Gasteiger partial charge on any atom is 0.110 e. The van der Waals surface area contributed by atoms with Crippen molar-refractivity contribution in [3.63, 3.8) is 0 Å². The molecule has 2 aliphatic rings. The van der Waals surface area contributed by atoms with Crippen LogP contribution in [0.2, 0.25) is 0 Å². The highest BCUT2D eigenvalue weighted by atomic mass is 16.6. The SMILES string of the molecule is CC1=C(/C=C/C2(C)OC2C)C(C)(C)CCC1. The summed E-state index contributed by atoms with van der Waals surface area (Å²) in [6, 6.07) is 0. The van der Waals surface area contributed by atoms with E-state index in [1.807, 2.05) is 0 Å². The summed E-state index contributed by atoms with van der Waals surface area (Å²) in [4.78, 5) is 0. The van der Waals surface area contributed by atoms with Crippen LogP contribution in [0.5, 0.6) is 0 Å². The largest absolute Gasteiger partial charge is 0.362 e. The summed E-state index contributed by atoms with van der Waals surface area (Å²) in [6.07, 6.45) is 8.85. The molecule has 0 spiro atoms. The molecule has 1 aliphatic carbocycles. The van der Waals surface area contributed by atoms with Crippen molar-refractivity contribution in [2.24, 2.45) is 5.41 Å². The van der Waals surface area contributed by atoms with E-state index in [2.05, 4.69) is 46.8 Å². The van der Waals surface area contributed by atoms with Gasteiger partial charge in [-0.15, -0.1) is 0 Å². The molecule has 90 valence electrons. The number of hydrogen-bond acceptors (Lipinski definition) is 1. The zero-order valence-electron chi connectivity index (χ0n) is 11.3. The van der Waals surface area contributed by atoms with Crippen LogP contribution in [0.15, 0.2) is 23.3 Å². The fourth-order valence-corrected chi connectivity index (χ4v) is 2.78. The first-order valence-electron chi connectivity index (χ1n) is 6.42. The summed E-state index contributed by atoms with van der Waals surface area (Å²) in [7, 11) is 0. The molecule has 1 aliphatic heterocycles. The molecule has 0 aromatic carbocycles. The first kappa shape index (κ1) is 11.9. The van der Waals surface area contributed by atoms with E-state index in [9.17, 15) is 0 Å². The third kappa shape index (κ3) is 2.10. The Bertz CT molecular complexity index is 348. The van der Waals surface area contributed by atoms with E-state index in [1.54, 1.807) is 5.57 Å². The van der Waals surface area contributed by atoms with Crippen molar-refractivity contribution in [2.75, 3.05) is 0 Å². The van der Waals surface area contributed by atoms with Crippen molar-refractivity contribution < 1.29 is 4.74 Å². The van der Waals surface area contributed by atoms with E-state index in [1.165, 1.54) is 24.8 Å². The monoisotopic (exact) mass is 220 g/mol. The second-order valence-electron chi connectivity index (χ2n) is 6.21. The smallest absolute Gasteiger partial charge is 0.110 e. The maximum absolute atomic E-state index is 5.59. The number of hydrogen-bond donors (Lipinski definition) is 0. The molecule has 1 fully saturated rings. The first-order valence-corrected chi connectivity index (χ1v) is 6.42. The molecule has 0 amide bonds. The van der Waals surface area contributed by atoms with Gasteiger partial charge in [0.05, 0.1) is 6.10 Å². The Morgan fingerprint density at radius 2 is 1.94 bits per heavy atom. The molecule has 1 nitrogen and oxygen atoms in total. The minimum absolute atomic E-state index is 0.000801. The third-order valence-electron chi connectivity index (χ3n) is 4.30.